The van der Waals surface area contributed by atoms with Crippen LogP contribution in [0.3, 0.4) is 0 Å². The maximum Gasteiger partial charge on any atom is 0.272 e. The molecule has 2 aliphatic heterocycles. The second-order valence-corrected chi connectivity index (χ2v) is 6.90. The van der Waals surface area contributed by atoms with Crippen molar-refractivity contribution in [3.63, 3.8) is 0 Å². The van der Waals surface area contributed by atoms with Crippen LogP contribution < -0.4 is 14.8 Å². The molecule has 1 amide bonds. The number of carbonyl (C=O) groups excluding carboxylic acids is 1. The summed E-state index contributed by atoms with van der Waals surface area (Å²) in [6.45, 7) is 4.20. The lowest BCUT2D eigenvalue weighted by Gasteiger charge is -2.25. The van der Waals surface area contributed by atoms with Crippen LogP contribution in [0.25, 0.3) is 0 Å². The van der Waals surface area contributed by atoms with Crippen LogP contribution in [-0.4, -0.2) is 47.7 Å². The van der Waals surface area contributed by atoms with Crippen LogP contribution in [0.5, 0.6) is 11.6 Å². The number of nitrogens with one attached hydrogen (secondary N) is 1. The summed E-state index contributed by atoms with van der Waals surface area (Å²) in [5.74, 6) is 1.08. The minimum Gasteiger partial charge on any atom is -0.491 e. The Morgan fingerprint density at radius 3 is 3.18 bits per heavy atom. The van der Waals surface area contributed by atoms with Gasteiger partial charge in [0.05, 0.1) is 24.3 Å². The van der Waals surface area contributed by atoms with Crippen molar-refractivity contribution in [2.75, 3.05) is 19.8 Å². The zero-order valence-electron chi connectivity index (χ0n) is 15.7. The predicted molar refractivity (Wildman–Crippen MR) is 99.4 cm³/mol. The van der Waals surface area contributed by atoms with Crippen LogP contribution in [0.1, 0.15) is 35.0 Å². The number of hydrogen-bond donors (Lipinski definition) is 1. The zero-order chi connectivity index (χ0) is 19.5. The molecular formula is C20H22N4O4. The third-order valence-corrected chi connectivity index (χ3v) is 4.86. The normalized spacial score (nSPS) is 20.1. The van der Waals surface area contributed by atoms with Gasteiger partial charge in [-0.25, -0.2) is 4.68 Å². The molecule has 2 atom stereocenters. The maximum atomic E-state index is 12.6. The summed E-state index contributed by atoms with van der Waals surface area (Å²) < 4.78 is 18.7. The number of aromatic nitrogens is 2. The molecule has 0 saturated heterocycles. The maximum absolute atomic E-state index is 12.6. The van der Waals surface area contributed by atoms with Gasteiger partial charge in [-0.1, -0.05) is 0 Å². The minimum atomic E-state index is -0.264. The molecule has 1 aromatic carbocycles. The molecule has 8 heteroatoms. The van der Waals surface area contributed by atoms with Crippen LogP contribution >= 0.6 is 0 Å². The monoisotopic (exact) mass is 382 g/mol. The zero-order valence-corrected chi connectivity index (χ0v) is 15.7. The van der Waals surface area contributed by atoms with E-state index in [1.165, 1.54) is 0 Å². The number of ether oxygens (including phenoxy) is 3. The first-order valence-electron chi connectivity index (χ1n) is 9.45. The number of carbonyl (C=O) groups is 1. The molecule has 8 nitrogen and oxygen atoms in total. The van der Waals surface area contributed by atoms with Crippen molar-refractivity contribution in [2.45, 2.75) is 38.5 Å². The van der Waals surface area contributed by atoms with Gasteiger partial charge in [0.25, 0.3) is 5.91 Å². The van der Waals surface area contributed by atoms with Crippen molar-refractivity contribution >= 4 is 5.91 Å². The summed E-state index contributed by atoms with van der Waals surface area (Å²) in [5.41, 5.74) is 1.82. The lowest BCUT2D eigenvalue weighted by molar-refractivity contribution is 0.0309. The van der Waals surface area contributed by atoms with Gasteiger partial charge in [0, 0.05) is 25.6 Å². The second kappa shape index (κ2) is 7.90. The van der Waals surface area contributed by atoms with E-state index in [1.54, 1.807) is 28.9 Å². The molecule has 4 rings (SSSR count). The van der Waals surface area contributed by atoms with Crippen molar-refractivity contribution in [3.8, 4) is 17.7 Å². The fourth-order valence-corrected chi connectivity index (χ4v) is 3.44. The largest absolute Gasteiger partial charge is 0.491 e. The average Bonchev–Trinajstić information content (AvgIpc) is 3.15. The van der Waals surface area contributed by atoms with Gasteiger partial charge in [-0.3, -0.25) is 4.79 Å². The first-order chi connectivity index (χ1) is 13.7. The van der Waals surface area contributed by atoms with Crippen LogP contribution in [0.15, 0.2) is 24.3 Å². The van der Waals surface area contributed by atoms with Crippen LogP contribution in [0, 0.1) is 11.3 Å². The Balaban J connectivity index is 1.40. The van der Waals surface area contributed by atoms with Gasteiger partial charge in [0.1, 0.15) is 18.5 Å². The molecule has 0 saturated carbocycles. The fraction of sp³-hybridized carbons (Fsp3) is 0.450. The highest BCUT2D eigenvalue weighted by Crippen LogP contribution is 2.26. The van der Waals surface area contributed by atoms with Crippen LogP contribution in [0.2, 0.25) is 0 Å². The van der Waals surface area contributed by atoms with E-state index in [-0.39, 0.29) is 18.1 Å². The summed E-state index contributed by atoms with van der Waals surface area (Å²) in [6.07, 6.45) is 1.39. The van der Waals surface area contributed by atoms with Crippen molar-refractivity contribution in [1.82, 2.24) is 15.1 Å². The Kier molecular flexibility index (Phi) is 5.17. The highest BCUT2D eigenvalue weighted by molar-refractivity contribution is 5.92. The third kappa shape index (κ3) is 3.80. The van der Waals surface area contributed by atoms with E-state index < -0.39 is 0 Å². The number of nitrogens with zero attached hydrogens (tertiary/aromatic N) is 3. The molecule has 2 aliphatic rings. The second-order valence-electron chi connectivity index (χ2n) is 6.90. The first kappa shape index (κ1) is 18.3. The van der Waals surface area contributed by atoms with Gasteiger partial charge >= 0.3 is 0 Å². The Morgan fingerprint density at radius 1 is 1.46 bits per heavy atom. The van der Waals surface area contributed by atoms with Crippen molar-refractivity contribution in [2.24, 2.45) is 0 Å². The standard InChI is InChI=1S/C20H22N4O4/c1-2-26-12-16-5-6-24-19(28-16)9-17(23-24)20(25)22-15-8-14-7-13(10-21)3-4-18(14)27-11-15/h3-4,7,9,15-16H,2,5-6,8,11-12H2,1H3,(H,22,25). The van der Waals surface area contributed by atoms with Gasteiger partial charge in [-0.05, 0) is 37.1 Å². The number of amides is 1. The molecule has 0 fully saturated rings. The third-order valence-electron chi connectivity index (χ3n) is 4.86. The summed E-state index contributed by atoms with van der Waals surface area (Å²) in [4.78, 5) is 12.6. The fourth-order valence-electron chi connectivity index (χ4n) is 3.44. The number of hydrogen-bond acceptors (Lipinski definition) is 6. The first-order valence-corrected chi connectivity index (χ1v) is 9.45. The van der Waals surface area contributed by atoms with Crippen molar-refractivity contribution in [3.05, 3.63) is 41.1 Å². The summed E-state index contributed by atoms with van der Waals surface area (Å²) in [5, 5.41) is 16.4. The van der Waals surface area contributed by atoms with Gasteiger partial charge in [0.15, 0.2) is 5.69 Å². The Labute approximate surface area is 163 Å². The number of fused-ring (bicyclic) bond motifs is 2. The van der Waals surface area contributed by atoms with E-state index in [1.807, 2.05) is 6.92 Å². The number of rotatable bonds is 5. The van der Waals surface area contributed by atoms with E-state index >= 15 is 0 Å². The lowest BCUT2D eigenvalue weighted by Crippen LogP contribution is -2.42. The van der Waals surface area contributed by atoms with E-state index in [0.29, 0.717) is 49.9 Å². The number of aryl methyl sites for hydroxylation is 1. The Morgan fingerprint density at radius 2 is 2.36 bits per heavy atom. The van der Waals surface area contributed by atoms with E-state index in [9.17, 15) is 4.79 Å². The topological polar surface area (TPSA) is 98.4 Å². The highest BCUT2D eigenvalue weighted by atomic mass is 16.5. The van der Waals surface area contributed by atoms with Crippen molar-refractivity contribution in [1.29, 1.82) is 5.26 Å². The molecule has 3 heterocycles. The van der Waals surface area contributed by atoms with E-state index in [0.717, 1.165) is 17.7 Å². The molecule has 0 radical (unpaired) electrons. The molecule has 2 aromatic rings. The molecule has 1 N–H and O–H groups in total. The molecule has 2 unspecified atom stereocenters. The average molecular weight is 382 g/mol. The van der Waals surface area contributed by atoms with Crippen LogP contribution in [0.4, 0.5) is 0 Å². The number of nitriles is 1. The van der Waals surface area contributed by atoms with Gasteiger partial charge < -0.3 is 19.5 Å². The minimum absolute atomic E-state index is 0.0161. The molecule has 146 valence electrons. The summed E-state index contributed by atoms with van der Waals surface area (Å²) in [6, 6.07) is 8.93. The van der Waals surface area contributed by atoms with Gasteiger partial charge in [-0.15, -0.1) is 0 Å². The summed E-state index contributed by atoms with van der Waals surface area (Å²) >= 11 is 0. The van der Waals surface area contributed by atoms with E-state index in [2.05, 4.69) is 16.5 Å². The van der Waals surface area contributed by atoms with Crippen molar-refractivity contribution < 1.29 is 19.0 Å². The van der Waals surface area contributed by atoms with Gasteiger partial charge in [-0.2, -0.15) is 10.4 Å². The molecule has 0 aliphatic carbocycles. The predicted octanol–water partition coefficient (Wildman–Crippen LogP) is 1.68. The van der Waals surface area contributed by atoms with Gasteiger partial charge in [0.2, 0.25) is 5.88 Å². The van der Waals surface area contributed by atoms with Crippen LogP contribution in [-0.2, 0) is 17.7 Å². The highest BCUT2D eigenvalue weighted by Gasteiger charge is 2.26. The lowest BCUT2D eigenvalue weighted by atomic mass is 10.0. The molecular weight excluding hydrogens is 360 g/mol. The molecule has 1 aromatic heterocycles. The Hall–Kier alpha value is -3.05. The molecule has 0 spiro atoms. The quantitative estimate of drug-likeness (QED) is 0.845. The smallest absolute Gasteiger partial charge is 0.272 e. The molecule has 28 heavy (non-hydrogen) atoms. The Bertz CT molecular complexity index is 917. The summed E-state index contributed by atoms with van der Waals surface area (Å²) in [7, 11) is 0. The SMILES string of the molecule is CCOCC1CCn2nc(C(=O)NC3COc4ccc(C#N)cc4C3)cc2O1. The molecule has 0 bridgehead atoms. The number of benzene rings is 1. The van der Waals surface area contributed by atoms with E-state index in [4.69, 9.17) is 19.5 Å².